The summed E-state index contributed by atoms with van der Waals surface area (Å²) in [6, 6.07) is 2.97. The average Bonchev–Trinajstić information content (AvgIpc) is 2.11. The summed E-state index contributed by atoms with van der Waals surface area (Å²) >= 11 is 6.02. The number of hydrogen-bond acceptors (Lipinski definition) is 2. The molecule has 2 N–H and O–H groups in total. The summed E-state index contributed by atoms with van der Waals surface area (Å²) < 4.78 is 40.2. The molecule has 15 heavy (non-hydrogen) atoms. The molecular weight excluding hydrogens is 343 g/mol. The van der Waals surface area contributed by atoms with E-state index >= 15 is 0 Å². The molecule has 84 valence electrons. The predicted octanol–water partition coefficient (Wildman–Crippen LogP) is 3.82. The first-order valence-corrected chi connectivity index (χ1v) is 5.65. The van der Waals surface area contributed by atoms with Gasteiger partial charge in [-0.25, -0.2) is 0 Å². The second-order valence-corrected chi connectivity index (χ2v) is 3.99. The van der Waals surface area contributed by atoms with Gasteiger partial charge in [-0.15, -0.1) is 13.2 Å². The summed E-state index contributed by atoms with van der Waals surface area (Å²) in [7, 11) is 0. The van der Waals surface area contributed by atoms with Crippen LogP contribution in [0.2, 0.25) is 0 Å². The van der Waals surface area contributed by atoms with Crippen LogP contribution in [0.15, 0.2) is 16.6 Å². The zero-order valence-electron chi connectivity index (χ0n) is 7.24. The summed E-state index contributed by atoms with van der Waals surface area (Å²) in [5, 5.41) is 0.247. The Labute approximate surface area is 101 Å². The Hall–Kier alpha value is -0.430. The highest BCUT2D eigenvalue weighted by Crippen LogP contribution is 2.38. The van der Waals surface area contributed by atoms with E-state index in [0.29, 0.717) is 5.56 Å². The molecule has 0 amide bonds. The van der Waals surface area contributed by atoms with Crippen LogP contribution in [0.3, 0.4) is 0 Å². The minimum absolute atomic E-state index is 0.108. The molecule has 0 aromatic heterocycles. The molecular formula is C8H6Br2F3NO. The van der Waals surface area contributed by atoms with Crippen LogP contribution in [-0.4, -0.2) is 6.36 Å². The van der Waals surface area contributed by atoms with E-state index in [-0.39, 0.29) is 21.2 Å². The molecule has 0 heterocycles. The average molecular weight is 349 g/mol. The molecule has 0 bridgehead atoms. The van der Waals surface area contributed by atoms with E-state index in [9.17, 15) is 13.2 Å². The summed E-state index contributed by atoms with van der Waals surface area (Å²) in [6.07, 6.45) is -4.73. The summed E-state index contributed by atoms with van der Waals surface area (Å²) in [6.45, 7) is 0. The van der Waals surface area contributed by atoms with Gasteiger partial charge in [-0.3, -0.25) is 0 Å². The molecule has 1 rings (SSSR count). The van der Waals surface area contributed by atoms with Gasteiger partial charge in [-0.2, -0.15) is 0 Å². The van der Waals surface area contributed by atoms with Gasteiger partial charge >= 0.3 is 6.36 Å². The quantitative estimate of drug-likeness (QED) is 0.651. The van der Waals surface area contributed by atoms with Gasteiger partial charge in [-0.1, -0.05) is 22.0 Å². The molecule has 1 aromatic rings. The normalized spacial score (nSPS) is 11.5. The van der Waals surface area contributed by atoms with Gasteiger partial charge in [0.2, 0.25) is 0 Å². The fraction of sp³-hybridized carbons (Fsp3) is 0.250. The second kappa shape index (κ2) is 4.61. The predicted molar refractivity (Wildman–Crippen MR) is 57.9 cm³/mol. The molecule has 0 aliphatic heterocycles. The number of hydrogen-bond donors (Lipinski definition) is 1. The van der Waals surface area contributed by atoms with E-state index in [2.05, 4.69) is 36.6 Å². The smallest absolute Gasteiger partial charge is 0.404 e. The van der Waals surface area contributed by atoms with Gasteiger partial charge in [0, 0.05) is 16.6 Å². The van der Waals surface area contributed by atoms with E-state index in [4.69, 9.17) is 5.73 Å². The van der Waals surface area contributed by atoms with Crippen LogP contribution in [0.4, 0.5) is 18.9 Å². The molecule has 0 unspecified atom stereocenters. The Morgan fingerprint density at radius 1 is 1.33 bits per heavy atom. The van der Waals surface area contributed by atoms with Gasteiger partial charge in [-0.05, 0) is 22.0 Å². The van der Waals surface area contributed by atoms with Crippen molar-refractivity contribution in [2.24, 2.45) is 0 Å². The lowest BCUT2D eigenvalue weighted by atomic mass is 10.2. The molecule has 1 aromatic carbocycles. The van der Waals surface area contributed by atoms with Gasteiger partial charge in [0.25, 0.3) is 0 Å². The molecule has 7 heteroatoms. The lowest BCUT2D eigenvalue weighted by molar-refractivity contribution is -0.275. The molecule has 0 saturated heterocycles. The largest absolute Gasteiger partial charge is 0.573 e. The highest BCUT2D eigenvalue weighted by atomic mass is 79.9. The van der Waals surface area contributed by atoms with Gasteiger partial charge in [0.1, 0.15) is 5.75 Å². The first-order chi connectivity index (χ1) is 6.85. The number of alkyl halides is 4. The Morgan fingerprint density at radius 2 is 1.93 bits per heavy atom. The van der Waals surface area contributed by atoms with Crippen LogP contribution in [0.5, 0.6) is 5.75 Å². The van der Waals surface area contributed by atoms with Crippen LogP contribution >= 0.6 is 31.9 Å². The minimum Gasteiger partial charge on any atom is -0.404 e. The van der Waals surface area contributed by atoms with E-state index in [0.717, 1.165) is 0 Å². The van der Waals surface area contributed by atoms with Crippen molar-refractivity contribution < 1.29 is 17.9 Å². The van der Waals surface area contributed by atoms with Crippen molar-refractivity contribution in [3.05, 3.63) is 22.2 Å². The zero-order chi connectivity index (χ0) is 11.6. The third-order valence-electron chi connectivity index (χ3n) is 1.57. The van der Waals surface area contributed by atoms with Crippen LogP contribution in [0.1, 0.15) is 5.56 Å². The van der Waals surface area contributed by atoms with E-state index in [1.54, 1.807) is 0 Å². The van der Waals surface area contributed by atoms with E-state index in [1.165, 1.54) is 12.1 Å². The molecule has 0 atom stereocenters. The van der Waals surface area contributed by atoms with Crippen LogP contribution in [0, 0.1) is 0 Å². The number of nitrogens with two attached hydrogens (primary N) is 1. The number of nitrogen functional groups attached to an aromatic ring is 1. The van der Waals surface area contributed by atoms with Crippen molar-refractivity contribution in [1.82, 2.24) is 0 Å². The molecule has 0 radical (unpaired) electrons. The number of halogens is 5. The summed E-state index contributed by atoms with van der Waals surface area (Å²) in [5.74, 6) is -0.306. The Balaban J connectivity index is 3.18. The minimum atomic E-state index is -4.73. The molecule has 0 spiro atoms. The zero-order valence-corrected chi connectivity index (χ0v) is 10.4. The maximum absolute atomic E-state index is 12.1. The number of anilines is 1. The first-order valence-electron chi connectivity index (χ1n) is 3.73. The summed E-state index contributed by atoms with van der Waals surface area (Å²) in [5.41, 5.74) is 6.02. The van der Waals surface area contributed by atoms with Crippen LogP contribution in [0.25, 0.3) is 0 Å². The standard InChI is InChI=1S/C8H6Br2F3NO/c9-3-4-1-2-5(14)6(10)7(4)15-8(11,12)13/h1-2H,3,14H2. The molecule has 0 aliphatic carbocycles. The number of benzene rings is 1. The van der Waals surface area contributed by atoms with Crippen molar-refractivity contribution >= 4 is 37.5 Å². The third kappa shape index (κ3) is 3.27. The lowest BCUT2D eigenvalue weighted by Gasteiger charge is -2.14. The SMILES string of the molecule is Nc1ccc(CBr)c(OC(F)(F)F)c1Br. The lowest BCUT2D eigenvalue weighted by Crippen LogP contribution is -2.18. The van der Waals surface area contributed by atoms with Crippen LogP contribution in [-0.2, 0) is 5.33 Å². The molecule has 0 fully saturated rings. The van der Waals surface area contributed by atoms with E-state index < -0.39 is 6.36 Å². The maximum atomic E-state index is 12.1. The number of ether oxygens (including phenoxy) is 1. The monoisotopic (exact) mass is 347 g/mol. The van der Waals surface area contributed by atoms with Crippen molar-refractivity contribution in [3.63, 3.8) is 0 Å². The van der Waals surface area contributed by atoms with Gasteiger partial charge in [0.15, 0.2) is 0 Å². The first kappa shape index (κ1) is 12.6. The van der Waals surface area contributed by atoms with Crippen LogP contribution < -0.4 is 10.5 Å². The fourth-order valence-corrected chi connectivity index (χ4v) is 1.85. The van der Waals surface area contributed by atoms with Gasteiger partial charge < -0.3 is 10.5 Å². The third-order valence-corrected chi connectivity index (χ3v) is 2.99. The van der Waals surface area contributed by atoms with Crippen molar-refractivity contribution in [1.29, 1.82) is 0 Å². The Morgan fingerprint density at radius 3 is 2.40 bits per heavy atom. The molecule has 2 nitrogen and oxygen atoms in total. The van der Waals surface area contributed by atoms with Crippen molar-refractivity contribution in [2.45, 2.75) is 11.7 Å². The molecule has 0 saturated carbocycles. The summed E-state index contributed by atoms with van der Waals surface area (Å²) in [4.78, 5) is 0. The van der Waals surface area contributed by atoms with Crippen molar-refractivity contribution in [2.75, 3.05) is 5.73 Å². The highest BCUT2D eigenvalue weighted by molar-refractivity contribution is 9.10. The van der Waals surface area contributed by atoms with Crippen molar-refractivity contribution in [3.8, 4) is 5.75 Å². The Kier molecular flexibility index (Phi) is 3.88. The number of rotatable bonds is 2. The highest BCUT2D eigenvalue weighted by Gasteiger charge is 2.33. The Bertz CT molecular complexity index is 368. The topological polar surface area (TPSA) is 35.2 Å². The maximum Gasteiger partial charge on any atom is 0.573 e. The van der Waals surface area contributed by atoms with E-state index in [1.807, 2.05) is 0 Å². The second-order valence-electron chi connectivity index (χ2n) is 2.64. The van der Waals surface area contributed by atoms with Gasteiger partial charge in [0.05, 0.1) is 4.47 Å². The fourth-order valence-electron chi connectivity index (χ4n) is 0.943. The molecule has 0 aliphatic rings.